The Bertz CT molecular complexity index is 851. The summed E-state index contributed by atoms with van der Waals surface area (Å²) in [7, 11) is 2.87. The number of carbonyl (C=O) groups excluding carboxylic acids is 2. The average molecular weight is 401 g/mol. The van der Waals surface area contributed by atoms with E-state index in [1.807, 2.05) is 13.0 Å². The molecule has 2 aliphatic heterocycles. The first kappa shape index (κ1) is 20.9. The van der Waals surface area contributed by atoms with E-state index in [1.54, 1.807) is 37.1 Å². The molecule has 7 heteroatoms. The van der Waals surface area contributed by atoms with Crippen LogP contribution in [0.25, 0.3) is 6.08 Å². The Morgan fingerprint density at radius 3 is 2.72 bits per heavy atom. The molecular weight excluding hydrogens is 374 g/mol. The molecule has 0 N–H and O–H groups in total. The topological polar surface area (TPSA) is 74.3 Å². The molecule has 1 aromatic carbocycles. The number of nitrogens with zero attached hydrogens (tertiary/aromatic N) is 1. The van der Waals surface area contributed by atoms with Crippen molar-refractivity contribution in [3.8, 4) is 11.5 Å². The number of amides is 1. The summed E-state index contributed by atoms with van der Waals surface area (Å²) in [5.74, 6) is 0.416. The van der Waals surface area contributed by atoms with Gasteiger partial charge in [0, 0.05) is 12.3 Å². The lowest BCUT2D eigenvalue weighted by Crippen LogP contribution is -2.33. The molecule has 0 radical (unpaired) electrons. The van der Waals surface area contributed by atoms with Crippen LogP contribution in [0.1, 0.15) is 32.3 Å². The fraction of sp³-hybridized carbons (Fsp3) is 0.455. The zero-order valence-electron chi connectivity index (χ0n) is 17.3. The van der Waals surface area contributed by atoms with Crippen LogP contribution in [0.15, 0.2) is 35.0 Å². The zero-order chi connectivity index (χ0) is 21.0. The van der Waals surface area contributed by atoms with Crippen molar-refractivity contribution in [1.29, 1.82) is 0 Å². The zero-order valence-corrected chi connectivity index (χ0v) is 17.3. The highest BCUT2D eigenvalue weighted by molar-refractivity contribution is 6.16. The van der Waals surface area contributed by atoms with Crippen molar-refractivity contribution in [2.24, 2.45) is 0 Å². The summed E-state index contributed by atoms with van der Waals surface area (Å²) in [4.78, 5) is 27.2. The molecule has 1 atom stereocenters. The van der Waals surface area contributed by atoms with Gasteiger partial charge in [0.25, 0.3) is 5.91 Å². The van der Waals surface area contributed by atoms with E-state index in [-0.39, 0.29) is 17.6 Å². The first-order valence-electron chi connectivity index (χ1n) is 9.75. The molecule has 7 nitrogen and oxygen atoms in total. The molecule has 0 spiro atoms. The number of rotatable bonds is 7. The fourth-order valence-electron chi connectivity index (χ4n) is 3.66. The van der Waals surface area contributed by atoms with Gasteiger partial charge in [0.05, 0.1) is 44.6 Å². The number of ether oxygens (including phenoxy) is 4. The van der Waals surface area contributed by atoms with Gasteiger partial charge in [-0.1, -0.05) is 6.07 Å². The number of methoxy groups -OCH3 is 2. The highest BCUT2D eigenvalue weighted by Gasteiger charge is 2.38. The Kier molecular flexibility index (Phi) is 6.59. The standard InChI is InChI=1S/C22H27NO6/c1-5-28-18-9-8-15(12-19(18)26-3)11-17-20(22(25)27-4)14(2)23(21(17)24)13-16-7-6-10-29-16/h8-9,11-12,16H,5-7,10,13H2,1-4H3/b17-11-. The van der Waals surface area contributed by atoms with Crippen LogP contribution in [0.3, 0.4) is 0 Å². The first-order valence-corrected chi connectivity index (χ1v) is 9.75. The largest absolute Gasteiger partial charge is 0.493 e. The molecule has 0 bridgehead atoms. The number of benzene rings is 1. The van der Waals surface area contributed by atoms with Gasteiger partial charge in [0.15, 0.2) is 11.5 Å². The van der Waals surface area contributed by atoms with Crippen LogP contribution in [0, 0.1) is 0 Å². The lowest BCUT2D eigenvalue weighted by atomic mass is 10.0. The maximum absolute atomic E-state index is 13.2. The van der Waals surface area contributed by atoms with Crippen molar-refractivity contribution in [2.75, 3.05) is 34.0 Å². The molecule has 29 heavy (non-hydrogen) atoms. The maximum atomic E-state index is 13.2. The molecule has 1 saturated heterocycles. The van der Waals surface area contributed by atoms with Crippen LogP contribution in [-0.4, -0.2) is 56.9 Å². The molecular formula is C22H27NO6. The summed E-state index contributed by atoms with van der Waals surface area (Å²) in [6, 6.07) is 5.38. The van der Waals surface area contributed by atoms with Gasteiger partial charge in [-0.2, -0.15) is 0 Å². The second kappa shape index (κ2) is 9.13. The van der Waals surface area contributed by atoms with Crippen molar-refractivity contribution in [3.63, 3.8) is 0 Å². The Balaban J connectivity index is 1.97. The number of hydrogen-bond acceptors (Lipinski definition) is 6. The summed E-state index contributed by atoms with van der Waals surface area (Å²) in [6.07, 6.45) is 3.55. The monoisotopic (exact) mass is 401 g/mol. The third-order valence-electron chi connectivity index (χ3n) is 5.11. The Morgan fingerprint density at radius 1 is 1.31 bits per heavy atom. The van der Waals surface area contributed by atoms with Gasteiger partial charge in [0.2, 0.25) is 0 Å². The van der Waals surface area contributed by atoms with Crippen molar-refractivity contribution in [1.82, 2.24) is 4.90 Å². The number of allylic oxidation sites excluding steroid dienone is 1. The molecule has 0 aliphatic carbocycles. The smallest absolute Gasteiger partial charge is 0.340 e. The quantitative estimate of drug-likeness (QED) is 0.517. The number of carbonyl (C=O) groups is 2. The average Bonchev–Trinajstić information content (AvgIpc) is 3.32. The minimum absolute atomic E-state index is 0.0160. The van der Waals surface area contributed by atoms with Crippen molar-refractivity contribution >= 4 is 18.0 Å². The third kappa shape index (κ3) is 4.29. The molecule has 0 saturated carbocycles. The van der Waals surface area contributed by atoms with Crippen LogP contribution < -0.4 is 9.47 Å². The predicted octanol–water partition coefficient (Wildman–Crippen LogP) is 2.95. The predicted molar refractivity (Wildman–Crippen MR) is 108 cm³/mol. The summed E-state index contributed by atoms with van der Waals surface area (Å²) in [5, 5.41) is 0. The van der Waals surface area contributed by atoms with Gasteiger partial charge in [-0.3, -0.25) is 4.79 Å². The van der Waals surface area contributed by atoms with E-state index in [2.05, 4.69) is 0 Å². The van der Waals surface area contributed by atoms with Crippen LogP contribution in [0.2, 0.25) is 0 Å². The molecule has 2 aliphatic rings. The van der Waals surface area contributed by atoms with Crippen LogP contribution in [-0.2, 0) is 19.1 Å². The van der Waals surface area contributed by atoms with Gasteiger partial charge in [-0.25, -0.2) is 4.79 Å². The van der Waals surface area contributed by atoms with Crippen molar-refractivity contribution in [3.05, 3.63) is 40.6 Å². The highest BCUT2D eigenvalue weighted by atomic mass is 16.5. The van der Waals surface area contributed by atoms with Gasteiger partial charge in [0.1, 0.15) is 0 Å². The van der Waals surface area contributed by atoms with E-state index in [9.17, 15) is 9.59 Å². The van der Waals surface area contributed by atoms with E-state index in [4.69, 9.17) is 18.9 Å². The fourth-order valence-corrected chi connectivity index (χ4v) is 3.66. The normalized spacial score (nSPS) is 20.6. The molecule has 1 fully saturated rings. The number of hydrogen-bond donors (Lipinski definition) is 0. The molecule has 1 aromatic rings. The van der Waals surface area contributed by atoms with Gasteiger partial charge >= 0.3 is 5.97 Å². The third-order valence-corrected chi connectivity index (χ3v) is 5.11. The SMILES string of the molecule is CCOc1ccc(/C=C2\C(=O)N(CC3CCCO3)C(C)=C2C(=O)OC)cc1OC. The Labute approximate surface area is 170 Å². The Morgan fingerprint density at radius 2 is 2.10 bits per heavy atom. The van der Waals surface area contributed by atoms with Crippen molar-refractivity contribution in [2.45, 2.75) is 32.8 Å². The van der Waals surface area contributed by atoms with E-state index < -0.39 is 5.97 Å². The summed E-state index contributed by atoms with van der Waals surface area (Å²) in [6.45, 7) is 5.30. The minimum Gasteiger partial charge on any atom is -0.493 e. The molecule has 1 amide bonds. The maximum Gasteiger partial charge on any atom is 0.340 e. The van der Waals surface area contributed by atoms with Crippen molar-refractivity contribution < 1.29 is 28.5 Å². The van der Waals surface area contributed by atoms with Gasteiger partial charge in [-0.15, -0.1) is 0 Å². The van der Waals surface area contributed by atoms with E-state index in [0.717, 1.165) is 18.4 Å². The van der Waals surface area contributed by atoms with Crippen LogP contribution >= 0.6 is 0 Å². The summed E-state index contributed by atoms with van der Waals surface area (Å²) >= 11 is 0. The molecule has 0 aromatic heterocycles. The lowest BCUT2D eigenvalue weighted by Gasteiger charge is -2.21. The lowest BCUT2D eigenvalue weighted by molar-refractivity contribution is -0.136. The van der Waals surface area contributed by atoms with Crippen LogP contribution in [0.5, 0.6) is 11.5 Å². The first-order chi connectivity index (χ1) is 14.0. The second-order valence-electron chi connectivity index (χ2n) is 6.90. The van der Waals surface area contributed by atoms with Crippen LogP contribution in [0.4, 0.5) is 0 Å². The molecule has 3 rings (SSSR count). The molecule has 1 unspecified atom stereocenters. The Hall–Kier alpha value is -2.80. The summed E-state index contributed by atoms with van der Waals surface area (Å²) in [5.41, 5.74) is 1.89. The molecule has 156 valence electrons. The second-order valence-corrected chi connectivity index (χ2v) is 6.90. The molecule has 2 heterocycles. The minimum atomic E-state index is -0.533. The van der Waals surface area contributed by atoms with E-state index >= 15 is 0 Å². The van der Waals surface area contributed by atoms with E-state index in [0.29, 0.717) is 42.5 Å². The van der Waals surface area contributed by atoms with Gasteiger partial charge < -0.3 is 23.8 Å². The number of esters is 1. The van der Waals surface area contributed by atoms with Gasteiger partial charge in [-0.05, 0) is 50.5 Å². The van der Waals surface area contributed by atoms with E-state index in [1.165, 1.54) is 7.11 Å². The highest BCUT2D eigenvalue weighted by Crippen LogP contribution is 2.34. The summed E-state index contributed by atoms with van der Waals surface area (Å²) < 4.78 is 21.5.